The number of hydrogen-bond acceptors (Lipinski definition) is 1. The highest BCUT2D eigenvalue weighted by Gasteiger charge is 2.46. The number of carboxylic acids is 1. The summed E-state index contributed by atoms with van der Waals surface area (Å²) in [6, 6.07) is 28.5. The van der Waals surface area contributed by atoms with E-state index in [2.05, 4.69) is 55.5 Å². The van der Waals surface area contributed by atoms with Crippen LogP contribution in [0.2, 0.25) is 0 Å². The van der Waals surface area contributed by atoms with Crippen LogP contribution in [0.3, 0.4) is 0 Å². The molecule has 3 aromatic carbocycles. The topological polar surface area (TPSA) is 37.3 Å². The minimum Gasteiger partial charge on any atom is -0.478 e. The van der Waals surface area contributed by atoms with Gasteiger partial charge in [-0.25, -0.2) is 4.79 Å². The molecular weight excluding hydrogens is 339 g/mol. The van der Waals surface area contributed by atoms with Gasteiger partial charge in [-0.05, 0) is 42.8 Å². The van der Waals surface area contributed by atoms with Crippen molar-refractivity contribution < 1.29 is 9.90 Å². The van der Waals surface area contributed by atoms with Crippen LogP contribution in [0.25, 0.3) is 0 Å². The molecule has 0 amide bonds. The van der Waals surface area contributed by atoms with E-state index in [-0.39, 0.29) is 0 Å². The maximum Gasteiger partial charge on any atom is 0.339 e. The van der Waals surface area contributed by atoms with Gasteiger partial charge in [0.1, 0.15) is 28.7 Å². The molecule has 3 heteroatoms. The van der Waals surface area contributed by atoms with Crippen molar-refractivity contribution in [2.24, 2.45) is 0 Å². The van der Waals surface area contributed by atoms with Crippen molar-refractivity contribution in [1.29, 1.82) is 0 Å². The Morgan fingerprint density at radius 1 is 0.808 bits per heavy atom. The van der Waals surface area contributed by atoms with E-state index in [0.29, 0.717) is 5.56 Å². The van der Waals surface area contributed by atoms with E-state index >= 15 is 0 Å². The third kappa shape index (κ3) is 3.43. The summed E-state index contributed by atoms with van der Waals surface area (Å²) >= 11 is 0. The van der Waals surface area contributed by atoms with Gasteiger partial charge in [0.15, 0.2) is 0 Å². The average molecular weight is 363 g/mol. The number of rotatable bonds is 7. The van der Waals surface area contributed by atoms with Crippen LogP contribution in [-0.4, -0.2) is 17.2 Å². The highest BCUT2D eigenvalue weighted by molar-refractivity contribution is 7.95. The predicted octanol–water partition coefficient (Wildman–Crippen LogP) is 4.48. The molecule has 0 radical (unpaired) electrons. The van der Waals surface area contributed by atoms with E-state index in [1.807, 2.05) is 30.3 Å². The zero-order valence-corrected chi connectivity index (χ0v) is 15.9. The number of hydrogen-bond donors (Lipinski definition) is 1. The van der Waals surface area contributed by atoms with Crippen LogP contribution >= 0.6 is 7.26 Å². The van der Waals surface area contributed by atoms with Gasteiger partial charge in [-0.1, -0.05) is 61.9 Å². The Labute approximate surface area is 155 Å². The Morgan fingerprint density at radius 3 is 1.81 bits per heavy atom. The van der Waals surface area contributed by atoms with Crippen LogP contribution in [0.4, 0.5) is 0 Å². The molecule has 0 unspecified atom stereocenters. The third-order valence-electron chi connectivity index (χ3n) is 4.79. The minimum absolute atomic E-state index is 0.421. The van der Waals surface area contributed by atoms with E-state index < -0.39 is 13.2 Å². The molecule has 0 bridgehead atoms. The van der Waals surface area contributed by atoms with E-state index in [9.17, 15) is 9.90 Å². The lowest BCUT2D eigenvalue weighted by molar-refractivity contribution is 0.0698. The molecule has 0 aromatic heterocycles. The van der Waals surface area contributed by atoms with Crippen LogP contribution in [0.5, 0.6) is 0 Å². The molecule has 3 rings (SSSR count). The van der Waals surface area contributed by atoms with Gasteiger partial charge in [0.05, 0.1) is 6.16 Å². The van der Waals surface area contributed by atoms with Crippen molar-refractivity contribution in [3.05, 3.63) is 90.5 Å². The fraction of sp³-hybridized carbons (Fsp3) is 0.174. The standard InChI is InChI=1S/C23H23O2P/c1-2-3-18-26(19-12-6-4-7-13-19,20-14-8-5-9-15-20)22-17-11-10-16-21(22)23(24)25/h4-17H,2-3,18H2,1H3/p+1. The highest BCUT2D eigenvalue weighted by atomic mass is 31.2. The molecule has 0 aliphatic carbocycles. The second kappa shape index (κ2) is 8.29. The minimum atomic E-state index is -2.04. The normalized spacial score (nSPS) is 11.3. The van der Waals surface area contributed by atoms with Gasteiger partial charge in [-0.2, -0.15) is 0 Å². The van der Waals surface area contributed by atoms with Crippen molar-refractivity contribution in [3.8, 4) is 0 Å². The molecule has 1 N–H and O–H groups in total. The average Bonchev–Trinajstić information content (AvgIpc) is 2.70. The lowest BCUT2D eigenvalue weighted by Crippen LogP contribution is -2.36. The van der Waals surface area contributed by atoms with Crippen molar-refractivity contribution in [1.82, 2.24) is 0 Å². The Kier molecular flexibility index (Phi) is 5.85. The maximum atomic E-state index is 12.0. The van der Waals surface area contributed by atoms with E-state index in [0.717, 1.165) is 24.3 Å². The third-order valence-corrected chi connectivity index (χ3v) is 9.35. The molecule has 0 aliphatic rings. The molecule has 0 heterocycles. The van der Waals surface area contributed by atoms with Gasteiger partial charge in [-0.3, -0.25) is 0 Å². The lowest BCUT2D eigenvalue weighted by atomic mass is 10.2. The molecule has 0 fully saturated rings. The SMILES string of the molecule is CCCC[P+](c1ccccc1)(c1ccccc1)c1ccccc1C(=O)O. The molecular formula is C23H24O2P+. The van der Waals surface area contributed by atoms with Crippen LogP contribution in [0.15, 0.2) is 84.9 Å². The molecule has 0 spiro atoms. The Hall–Kier alpha value is -2.44. The molecule has 132 valence electrons. The summed E-state index contributed by atoms with van der Waals surface area (Å²) in [5, 5.41) is 13.3. The first-order valence-corrected chi connectivity index (χ1v) is 11.0. The maximum absolute atomic E-state index is 12.0. The van der Waals surface area contributed by atoms with Gasteiger partial charge in [-0.15, -0.1) is 0 Å². The van der Waals surface area contributed by atoms with Gasteiger partial charge < -0.3 is 5.11 Å². The zero-order chi connectivity index (χ0) is 18.4. The number of aromatic carboxylic acids is 1. The lowest BCUT2D eigenvalue weighted by Gasteiger charge is -2.28. The first-order valence-electron chi connectivity index (χ1n) is 9.02. The summed E-state index contributed by atoms with van der Waals surface area (Å²) in [4.78, 5) is 12.0. The first-order chi connectivity index (χ1) is 12.7. The van der Waals surface area contributed by atoms with Crippen molar-refractivity contribution in [3.63, 3.8) is 0 Å². The quantitative estimate of drug-likeness (QED) is 0.629. The molecule has 0 aliphatic heterocycles. The molecule has 3 aromatic rings. The van der Waals surface area contributed by atoms with E-state index in [1.165, 1.54) is 10.6 Å². The molecule has 0 saturated heterocycles. The molecule has 2 nitrogen and oxygen atoms in total. The Balaban J connectivity index is 2.36. The van der Waals surface area contributed by atoms with Crippen molar-refractivity contribution >= 4 is 29.1 Å². The summed E-state index contributed by atoms with van der Waals surface area (Å²) in [5.74, 6) is -0.853. The summed E-state index contributed by atoms with van der Waals surface area (Å²) in [6.07, 6.45) is 3.12. The van der Waals surface area contributed by atoms with Crippen molar-refractivity contribution in [2.45, 2.75) is 19.8 Å². The largest absolute Gasteiger partial charge is 0.478 e. The molecule has 26 heavy (non-hydrogen) atoms. The summed E-state index contributed by atoms with van der Waals surface area (Å²) in [7, 11) is -2.04. The van der Waals surface area contributed by atoms with Crippen molar-refractivity contribution in [2.75, 3.05) is 6.16 Å². The van der Waals surface area contributed by atoms with Crippen LogP contribution in [-0.2, 0) is 0 Å². The first kappa shape index (κ1) is 18.4. The van der Waals surface area contributed by atoms with Gasteiger partial charge in [0.2, 0.25) is 0 Å². The number of carboxylic acid groups (broad SMARTS) is 1. The van der Waals surface area contributed by atoms with Crippen LogP contribution in [0.1, 0.15) is 30.1 Å². The molecule has 0 atom stereocenters. The number of unbranched alkanes of at least 4 members (excludes halogenated alkanes) is 1. The van der Waals surface area contributed by atoms with Crippen LogP contribution < -0.4 is 15.9 Å². The zero-order valence-electron chi connectivity index (χ0n) is 15.0. The second-order valence-electron chi connectivity index (χ2n) is 6.38. The van der Waals surface area contributed by atoms with E-state index in [4.69, 9.17) is 0 Å². The second-order valence-corrected chi connectivity index (χ2v) is 9.96. The molecule has 0 saturated carbocycles. The van der Waals surface area contributed by atoms with Gasteiger partial charge in [0.25, 0.3) is 0 Å². The van der Waals surface area contributed by atoms with Gasteiger partial charge >= 0.3 is 5.97 Å². The Morgan fingerprint density at radius 2 is 1.31 bits per heavy atom. The fourth-order valence-corrected chi connectivity index (χ4v) is 8.24. The monoisotopic (exact) mass is 363 g/mol. The predicted molar refractivity (Wildman–Crippen MR) is 112 cm³/mol. The fourth-order valence-electron chi connectivity index (χ4n) is 3.55. The highest BCUT2D eigenvalue weighted by Crippen LogP contribution is 2.56. The van der Waals surface area contributed by atoms with E-state index in [1.54, 1.807) is 6.07 Å². The van der Waals surface area contributed by atoms with Crippen LogP contribution in [0, 0.1) is 0 Å². The summed E-state index contributed by atoms with van der Waals surface area (Å²) < 4.78 is 0. The van der Waals surface area contributed by atoms with Gasteiger partial charge in [0, 0.05) is 0 Å². The number of carbonyl (C=O) groups is 1. The summed E-state index contributed by atoms with van der Waals surface area (Å²) in [6.45, 7) is 2.19. The summed E-state index contributed by atoms with van der Waals surface area (Å²) in [5.41, 5.74) is 0.421. The Bertz CT molecular complexity index is 820. The smallest absolute Gasteiger partial charge is 0.339 e. The number of benzene rings is 3.